The normalized spacial score (nSPS) is 20.2. The highest BCUT2D eigenvalue weighted by Gasteiger charge is 2.42. The lowest BCUT2D eigenvalue weighted by Gasteiger charge is -2.26. The van der Waals surface area contributed by atoms with Crippen molar-refractivity contribution < 1.29 is 19.4 Å². The number of aliphatic carboxylic acids is 1. The molecule has 1 saturated heterocycles. The van der Waals surface area contributed by atoms with Gasteiger partial charge in [0.25, 0.3) is 0 Å². The van der Waals surface area contributed by atoms with Gasteiger partial charge in [-0.1, -0.05) is 35.5 Å². The monoisotopic (exact) mass is 358 g/mol. The smallest absolute Gasteiger partial charge is 0.411 e. The van der Waals surface area contributed by atoms with Crippen molar-refractivity contribution in [1.82, 2.24) is 19.9 Å². The first-order valence-electron chi connectivity index (χ1n) is 8.44. The van der Waals surface area contributed by atoms with Gasteiger partial charge >= 0.3 is 12.1 Å². The summed E-state index contributed by atoms with van der Waals surface area (Å²) in [6, 6.07) is 8.38. The van der Waals surface area contributed by atoms with Gasteiger partial charge in [0.1, 0.15) is 17.3 Å². The summed E-state index contributed by atoms with van der Waals surface area (Å²) < 4.78 is 6.97. The highest BCUT2D eigenvalue weighted by molar-refractivity contribution is 5.81. The SMILES string of the molecule is CC(C)(C)OC(=O)N1C[C@@H](n2cc(-c3ccccc3)nn2)C[C@H]1C(=O)O. The maximum Gasteiger partial charge on any atom is 0.411 e. The summed E-state index contributed by atoms with van der Waals surface area (Å²) in [6.45, 7) is 5.46. The molecule has 1 aromatic carbocycles. The topological polar surface area (TPSA) is 97.5 Å². The quantitative estimate of drug-likeness (QED) is 0.906. The zero-order valence-corrected chi connectivity index (χ0v) is 15.0. The molecule has 0 aliphatic carbocycles. The molecule has 1 aromatic heterocycles. The van der Waals surface area contributed by atoms with E-state index in [2.05, 4.69) is 10.3 Å². The van der Waals surface area contributed by atoms with Crippen molar-refractivity contribution in [3.63, 3.8) is 0 Å². The van der Waals surface area contributed by atoms with Crippen molar-refractivity contribution in [2.45, 2.75) is 44.9 Å². The van der Waals surface area contributed by atoms with Crippen LogP contribution in [0.3, 0.4) is 0 Å². The summed E-state index contributed by atoms with van der Waals surface area (Å²) in [4.78, 5) is 25.2. The average Bonchev–Trinajstić information content (AvgIpc) is 3.21. The summed E-state index contributed by atoms with van der Waals surface area (Å²) in [7, 11) is 0. The van der Waals surface area contributed by atoms with Crippen molar-refractivity contribution in [2.24, 2.45) is 0 Å². The number of amides is 1. The Morgan fingerprint density at radius 1 is 1.23 bits per heavy atom. The minimum atomic E-state index is -1.05. The van der Waals surface area contributed by atoms with Gasteiger partial charge in [0.15, 0.2) is 0 Å². The Labute approximate surface area is 151 Å². The molecule has 1 aliphatic rings. The Morgan fingerprint density at radius 2 is 1.92 bits per heavy atom. The van der Waals surface area contributed by atoms with E-state index in [1.54, 1.807) is 31.6 Å². The lowest BCUT2D eigenvalue weighted by Crippen LogP contribution is -2.43. The number of ether oxygens (including phenoxy) is 1. The maximum absolute atomic E-state index is 12.4. The standard InChI is InChI=1S/C18H22N4O4/c1-18(2,3)26-17(25)21-10-13(9-15(21)16(23)24)22-11-14(19-20-22)12-7-5-4-6-8-12/h4-8,11,13,15H,9-10H2,1-3H3,(H,23,24)/t13-,15-/m0/s1. The molecule has 3 rings (SSSR count). The number of carboxylic acids is 1. The average molecular weight is 358 g/mol. The molecule has 2 atom stereocenters. The summed E-state index contributed by atoms with van der Waals surface area (Å²) in [5, 5.41) is 17.8. The van der Waals surface area contributed by atoms with Gasteiger partial charge in [0.05, 0.1) is 12.2 Å². The van der Waals surface area contributed by atoms with Crippen LogP contribution in [0.1, 0.15) is 33.2 Å². The van der Waals surface area contributed by atoms with E-state index in [0.29, 0.717) is 5.69 Å². The van der Waals surface area contributed by atoms with Gasteiger partial charge in [-0.05, 0) is 20.8 Å². The van der Waals surface area contributed by atoms with Crippen LogP contribution in [-0.4, -0.2) is 55.3 Å². The number of carbonyl (C=O) groups is 2. The van der Waals surface area contributed by atoms with Crippen LogP contribution in [0, 0.1) is 0 Å². The zero-order valence-electron chi connectivity index (χ0n) is 15.0. The molecule has 8 heteroatoms. The van der Waals surface area contributed by atoms with Crippen LogP contribution in [0.4, 0.5) is 4.79 Å². The van der Waals surface area contributed by atoms with E-state index in [9.17, 15) is 14.7 Å². The molecule has 1 N–H and O–H groups in total. The van der Waals surface area contributed by atoms with E-state index in [4.69, 9.17) is 4.74 Å². The maximum atomic E-state index is 12.4. The van der Waals surface area contributed by atoms with Gasteiger partial charge in [-0.15, -0.1) is 5.10 Å². The van der Waals surface area contributed by atoms with E-state index in [-0.39, 0.29) is 19.0 Å². The molecule has 1 fully saturated rings. The van der Waals surface area contributed by atoms with Gasteiger partial charge in [0, 0.05) is 18.5 Å². The molecule has 2 aromatic rings. The predicted octanol–water partition coefficient (Wildman–Crippen LogP) is 2.58. The van der Waals surface area contributed by atoms with Crippen LogP contribution >= 0.6 is 0 Å². The molecular weight excluding hydrogens is 336 g/mol. The third kappa shape index (κ3) is 3.84. The minimum absolute atomic E-state index is 0.212. The molecule has 1 amide bonds. The molecule has 0 spiro atoms. The molecule has 1 aliphatic heterocycles. The zero-order chi connectivity index (χ0) is 18.9. The predicted molar refractivity (Wildman–Crippen MR) is 93.5 cm³/mol. The first-order chi connectivity index (χ1) is 12.2. The van der Waals surface area contributed by atoms with Crippen molar-refractivity contribution >= 4 is 12.1 Å². The van der Waals surface area contributed by atoms with E-state index >= 15 is 0 Å². The van der Waals surface area contributed by atoms with Gasteiger partial charge in [-0.3, -0.25) is 4.90 Å². The van der Waals surface area contributed by atoms with Crippen molar-refractivity contribution in [2.75, 3.05) is 6.54 Å². The number of nitrogens with zero attached hydrogens (tertiary/aromatic N) is 4. The Morgan fingerprint density at radius 3 is 2.54 bits per heavy atom. The molecule has 0 bridgehead atoms. The second kappa shape index (κ2) is 6.78. The first kappa shape index (κ1) is 17.9. The van der Waals surface area contributed by atoms with Gasteiger partial charge in [0.2, 0.25) is 0 Å². The highest BCUT2D eigenvalue weighted by atomic mass is 16.6. The number of carboxylic acid groups (broad SMARTS) is 1. The Balaban J connectivity index is 1.79. The summed E-state index contributed by atoms with van der Waals surface area (Å²) in [6.07, 6.45) is 1.40. The summed E-state index contributed by atoms with van der Waals surface area (Å²) in [5.74, 6) is -1.05. The van der Waals surface area contributed by atoms with Crippen LogP contribution in [0.2, 0.25) is 0 Å². The molecule has 26 heavy (non-hydrogen) atoms. The van der Waals surface area contributed by atoms with E-state index in [1.165, 1.54) is 4.90 Å². The second-order valence-corrected chi connectivity index (χ2v) is 7.33. The molecule has 138 valence electrons. The Hall–Kier alpha value is -2.90. The van der Waals surface area contributed by atoms with Crippen LogP contribution in [0.5, 0.6) is 0 Å². The van der Waals surface area contributed by atoms with Crippen molar-refractivity contribution in [1.29, 1.82) is 0 Å². The number of aromatic nitrogens is 3. The van der Waals surface area contributed by atoms with E-state index in [1.807, 2.05) is 30.3 Å². The molecule has 0 unspecified atom stereocenters. The van der Waals surface area contributed by atoms with Crippen LogP contribution in [-0.2, 0) is 9.53 Å². The fourth-order valence-electron chi connectivity index (χ4n) is 2.96. The molecular formula is C18H22N4O4. The van der Waals surface area contributed by atoms with Crippen molar-refractivity contribution in [3.8, 4) is 11.3 Å². The fourth-order valence-corrected chi connectivity index (χ4v) is 2.96. The largest absolute Gasteiger partial charge is 0.480 e. The molecule has 8 nitrogen and oxygen atoms in total. The van der Waals surface area contributed by atoms with Gasteiger partial charge in [-0.2, -0.15) is 0 Å². The van der Waals surface area contributed by atoms with Gasteiger partial charge < -0.3 is 9.84 Å². The van der Waals surface area contributed by atoms with Gasteiger partial charge in [-0.25, -0.2) is 14.3 Å². The van der Waals surface area contributed by atoms with Crippen LogP contribution < -0.4 is 0 Å². The summed E-state index contributed by atoms with van der Waals surface area (Å²) in [5.41, 5.74) is 0.940. The molecule has 2 heterocycles. The Kier molecular flexibility index (Phi) is 4.67. The van der Waals surface area contributed by atoms with E-state index in [0.717, 1.165) is 5.56 Å². The van der Waals surface area contributed by atoms with E-state index < -0.39 is 23.7 Å². The summed E-state index contributed by atoms with van der Waals surface area (Å²) >= 11 is 0. The highest BCUT2D eigenvalue weighted by Crippen LogP contribution is 2.29. The third-order valence-electron chi connectivity index (χ3n) is 4.15. The molecule has 0 saturated carbocycles. The number of carbonyl (C=O) groups excluding carboxylic acids is 1. The lowest BCUT2D eigenvalue weighted by atomic mass is 10.1. The number of hydrogen-bond acceptors (Lipinski definition) is 5. The second-order valence-electron chi connectivity index (χ2n) is 7.33. The number of rotatable bonds is 3. The van der Waals surface area contributed by atoms with Crippen LogP contribution in [0.15, 0.2) is 36.5 Å². The number of hydrogen-bond donors (Lipinski definition) is 1. The number of benzene rings is 1. The lowest BCUT2D eigenvalue weighted by molar-refractivity contribution is -0.142. The van der Waals surface area contributed by atoms with Crippen molar-refractivity contribution in [3.05, 3.63) is 36.5 Å². The Bertz CT molecular complexity index is 797. The third-order valence-corrected chi connectivity index (χ3v) is 4.15. The number of likely N-dealkylation sites (tertiary alicyclic amines) is 1. The fraction of sp³-hybridized carbons (Fsp3) is 0.444. The first-order valence-corrected chi connectivity index (χ1v) is 8.44. The van der Waals surface area contributed by atoms with Crippen LogP contribution in [0.25, 0.3) is 11.3 Å². The molecule has 0 radical (unpaired) electrons. The minimum Gasteiger partial charge on any atom is -0.480 e.